The Balaban J connectivity index is 2.20. The Kier molecular flexibility index (Phi) is 3.58. The lowest BCUT2D eigenvalue weighted by Gasteiger charge is -2.20. The molecule has 1 aromatic carbocycles. The molecule has 0 spiro atoms. The van der Waals surface area contributed by atoms with Crippen LogP contribution in [0.25, 0.3) is 10.9 Å². The fraction of sp³-hybridized carbons (Fsp3) is 0.375. The van der Waals surface area contributed by atoms with E-state index in [0.717, 1.165) is 13.1 Å². The first kappa shape index (κ1) is 12.9. The number of hydrogen-bond acceptors (Lipinski definition) is 1. The van der Waals surface area contributed by atoms with Crippen LogP contribution in [-0.4, -0.2) is 10.1 Å². The van der Waals surface area contributed by atoms with Crippen LogP contribution >= 0.6 is 0 Å². The third-order valence-corrected chi connectivity index (χ3v) is 2.98. The van der Waals surface area contributed by atoms with E-state index in [9.17, 15) is 0 Å². The lowest BCUT2D eigenvalue weighted by atomic mass is 10.1. The van der Waals surface area contributed by atoms with Gasteiger partial charge in [-0.1, -0.05) is 12.1 Å². The van der Waals surface area contributed by atoms with Gasteiger partial charge in [0.1, 0.15) is 0 Å². The topological polar surface area (TPSA) is 17.0 Å². The van der Waals surface area contributed by atoms with E-state index in [-0.39, 0.29) is 5.54 Å². The zero-order chi connectivity index (χ0) is 13.2. The van der Waals surface area contributed by atoms with E-state index < -0.39 is 0 Å². The Labute approximate surface area is 109 Å². The molecule has 1 aromatic heterocycles. The average Bonchev–Trinajstić information content (AvgIpc) is 2.69. The minimum absolute atomic E-state index is 0.156. The molecule has 2 heteroatoms. The van der Waals surface area contributed by atoms with Gasteiger partial charge in [0.05, 0.1) is 0 Å². The van der Waals surface area contributed by atoms with Crippen LogP contribution in [0.15, 0.2) is 43.1 Å². The molecule has 2 rings (SSSR count). The van der Waals surface area contributed by atoms with Crippen LogP contribution in [0.4, 0.5) is 0 Å². The summed E-state index contributed by atoms with van der Waals surface area (Å²) in [6.45, 7) is 12.1. The van der Waals surface area contributed by atoms with Crippen LogP contribution in [-0.2, 0) is 13.1 Å². The highest BCUT2D eigenvalue weighted by molar-refractivity contribution is 5.80. The number of hydrogen-bond donors (Lipinski definition) is 1. The number of rotatable bonds is 4. The molecule has 0 saturated heterocycles. The summed E-state index contributed by atoms with van der Waals surface area (Å²) in [6.07, 6.45) is 4.04. The largest absolute Gasteiger partial charge is 0.344 e. The third kappa shape index (κ3) is 3.02. The molecule has 18 heavy (non-hydrogen) atoms. The zero-order valence-electron chi connectivity index (χ0n) is 11.5. The molecule has 2 aromatic rings. The van der Waals surface area contributed by atoms with Gasteiger partial charge < -0.3 is 9.88 Å². The zero-order valence-corrected chi connectivity index (χ0v) is 11.5. The van der Waals surface area contributed by atoms with Gasteiger partial charge in [0.25, 0.3) is 0 Å². The highest BCUT2D eigenvalue weighted by Crippen LogP contribution is 2.18. The van der Waals surface area contributed by atoms with Crippen molar-refractivity contribution in [1.82, 2.24) is 9.88 Å². The smallest absolute Gasteiger partial charge is 0.0483 e. The Bertz CT molecular complexity index is 544. The SMILES string of the molecule is C=CCn1ccc2cc(CNC(C)(C)C)ccc21. The van der Waals surface area contributed by atoms with Gasteiger partial charge in [-0.05, 0) is 49.9 Å². The molecule has 0 atom stereocenters. The molecule has 0 amide bonds. The van der Waals surface area contributed by atoms with Crippen molar-refractivity contribution >= 4 is 10.9 Å². The van der Waals surface area contributed by atoms with E-state index in [1.807, 2.05) is 6.08 Å². The molecular weight excluding hydrogens is 220 g/mol. The summed E-state index contributed by atoms with van der Waals surface area (Å²) in [4.78, 5) is 0. The predicted octanol–water partition coefficient (Wildman–Crippen LogP) is 3.72. The van der Waals surface area contributed by atoms with Crippen molar-refractivity contribution in [2.45, 2.75) is 39.4 Å². The standard InChI is InChI=1S/C16H22N2/c1-5-9-18-10-8-14-11-13(6-7-15(14)18)12-17-16(2,3)4/h5-8,10-11,17H,1,9,12H2,2-4H3. The van der Waals surface area contributed by atoms with E-state index in [2.05, 4.69) is 67.7 Å². The van der Waals surface area contributed by atoms with Gasteiger partial charge in [-0.15, -0.1) is 6.58 Å². The lowest BCUT2D eigenvalue weighted by molar-refractivity contribution is 0.424. The van der Waals surface area contributed by atoms with Gasteiger partial charge in [-0.3, -0.25) is 0 Å². The summed E-state index contributed by atoms with van der Waals surface area (Å²) in [5.74, 6) is 0. The highest BCUT2D eigenvalue weighted by Gasteiger charge is 2.08. The fourth-order valence-electron chi connectivity index (χ4n) is 2.03. The minimum atomic E-state index is 0.156. The van der Waals surface area contributed by atoms with Gasteiger partial charge in [0, 0.05) is 30.3 Å². The second kappa shape index (κ2) is 4.99. The summed E-state index contributed by atoms with van der Waals surface area (Å²) in [7, 11) is 0. The van der Waals surface area contributed by atoms with Gasteiger partial charge in [-0.25, -0.2) is 0 Å². The van der Waals surface area contributed by atoms with Crippen molar-refractivity contribution in [2.75, 3.05) is 0 Å². The summed E-state index contributed by atoms with van der Waals surface area (Å²) in [6, 6.07) is 8.81. The van der Waals surface area contributed by atoms with Crippen LogP contribution in [0, 0.1) is 0 Å². The Morgan fingerprint density at radius 1 is 1.28 bits per heavy atom. The fourth-order valence-corrected chi connectivity index (χ4v) is 2.03. The van der Waals surface area contributed by atoms with Gasteiger partial charge in [-0.2, -0.15) is 0 Å². The predicted molar refractivity (Wildman–Crippen MR) is 78.7 cm³/mol. The quantitative estimate of drug-likeness (QED) is 0.809. The monoisotopic (exact) mass is 242 g/mol. The molecule has 0 radical (unpaired) electrons. The van der Waals surface area contributed by atoms with Crippen molar-refractivity contribution in [2.24, 2.45) is 0 Å². The van der Waals surface area contributed by atoms with Crippen LogP contribution < -0.4 is 5.32 Å². The van der Waals surface area contributed by atoms with E-state index in [0.29, 0.717) is 0 Å². The summed E-state index contributed by atoms with van der Waals surface area (Å²) >= 11 is 0. The average molecular weight is 242 g/mol. The van der Waals surface area contributed by atoms with Crippen LogP contribution in [0.1, 0.15) is 26.3 Å². The highest BCUT2D eigenvalue weighted by atomic mass is 15.0. The molecule has 0 aliphatic rings. The Morgan fingerprint density at radius 3 is 2.72 bits per heavy atom. The van der Waals surface area contributed by atoms with Crippen molar-refractivity contribution in [3.63, 3.8) is 0 Å². The lowest BCUT2D eigenvalue weighted by Crippen LogP contribution is -2.35. The number of fused-ring (bicyclic) bond motifs is 1. The number of aromatic nitrogens is 1. The number of nitrogens with zero attached hydrogens (tertiary/aromatic N) is 1. The van der Waals surface area contributed by atoms with Gasteiger partial charge in [0.15, 0.2) is 0 Å². The second-order valence-electron chi connectivity index (χ2n) is 5.75. The van der Waals surface area contributed by atoms with Crippen LogP contribution in [0.2, 0.25) is 0 Å². The molecule has 0 unspecified atom stereocenters. The second-order valence-corrected chi connectivity index (χ2v) is 5.75. The number of nitrogens with one attached hydrogen (secondary N) is 1. The first-order chi connectivity index (χ1) is 8.49. The summed E-state index contributed by atoms with van der Waals surface area (Å²) in [5.41, 5.74) is 2.76. The van der Waals surface area contributed by atoms with Crippen molar-refractivity contribution < 1.29 is 0 Å². The van der Waals surface area contributed by atoms with Gasteiger partial charge in [0.2, 0.25) is 0 Å². The molecule has 0 aliphatic carbocycles. The summed E-state index contributed by atoms with van der Waals surface area (Å²) < 4.78 is 2.21. The normalized spacial score (nSPS) is 11.9. The maximum absolute atomic E-state index is 3.79. The van der Waals surface area contributed by atoms with Crippen molar-refractivity contribution in [3.05, 3.63) is 48.7 Å². The van der Waals surface area contributed by atoms with Crippen molar-refractivity contribution in [3.8, 4) is 0 Å². The minimum Gasteiger partial charge on any atom is -0.344 e. The van der Waals surface area contributed by atoms with E-state index >= 15 is 0 Å². The van der Waals surface area contributed by atoms with Crippen LogP contribution in [0.3, 0.4) is 0 Å². The molecular formula is C16H22N2. The molecule has 96 valence electrons. The van der Waals surface area contributed by atoms with E-state index in [1.54, 1.807) is 0 Å². The molecule has 2 nitrogen and oxygen atoms in total. The van der Waals surface area contributed by atoms with E-state index in [1.165, 1.54) is 16.5 Å². The van der Waals surface area contributed by atoms with Crippen LogP contribution in [0.5, 0.6) is 0 Å². The molecule has 0 aliphatic heterocycles. The van der Waals surface area contributed by atoms with Gasteiger partial charge >= 0.3 is 0 Å². The van der Waals surface area contributed by atoms with E-state index in [4.69, 9.17) is 0 Å². The molecule has 0 saturated carbocycles. The molecule has 0 bridgehead atoms. The third-order valence-electron chi connectivity index (χ3n) is 2.98. The number of allylic oxidation sites excluding steroid dienone is 1. The number of benzene rings is 1. The molecule has 0 fully saturated rings. The van der Waals surface area contributed by atoms with Crippen molar-refractivity contribution in [1.29, 1.82) is 0 Å². The summed E-state index contributed by atoms with van der Waals surface area (Å²) in [5, 5.41) is 4.81. The maximum atomic E-state index is 3.79. The molecule has 1 N–H and O–H groups in total. The molecule has 1 heterocycles. The first-order valence-corrected chi connectivity index (χ1v) is 6.43. The Hall–Kier alpha value is -1.54. The Morgan fingerprint density at radius 2 is 2.06 bits per heavy atom. The first-order valence-electron chi connectivity index (χ1n) is 6.43. The maximum Gasteiger partial charge on any atom is 0.0483 e.